The number of carbonyl (C=O) groups is 1. The second-order valence-electron chi connectivity index (χ2n) is 7.49. The number of nitrogens with zero attached hydrogens (tertiary/aromatic N) is 3. The molecule has 4 aromatic rings. The lowest BCUT2D eigenvalue weighted by Gasteiger charge is -2.15. The molecule has 0 saturated heterocycles. The highest BCUT2D eigenvalue weighted by Gasteiger charge is 2.28. The first-order valence-electron chi connectivity index (χ1n) is 9.82. The molecule has 0 aliphatic carbocycles. The summed E-state index contributed by atoms with van der Waals surface area (Å²) in [4.78, 5) is 32.0. The number of amides is 1. The lowest BCUT2D eigenvalue weighted by atomic mass is 10.1. The molecule has 0 atom stereocenters. The summed E-state index contributed by atoms with van der Waals surface area (Å²) in [6, 6.07) is 15.1. The maximum absolute atomic E-state index is 13.2. The molecule has 3 heterocycles. The fourth-order valence-corrected chi connectivity index (χ4v) is 3.81. The molecule has 1 aliphatic heterocycles. The van der Waals surface area contributed by atoms with E-state index in [1.165, 1.54) is 16.6 Å². The molecule has 5 rings (SSSR count). The number of hydrogen-bond donors (Lipinski definition) is 1. The summed E-state index contributed by atoms with van der Waals surface area (Å²) < 4.78 is 19.7. The Morgan fingerprint density at radius 2 is 1.87 bits per heavy atom. The highest BCUT2D eigenvalue weighted by molar-refractivity contribution is 5.79. The van der Waals surface area contributed by atoms with Crippen LogP contribution in [0.2, 0.25) is 0 Å². The zero-order chi connectivity index (χ0) is 21.5. The van der Waals surface area contributed by atoms with Crippen LogP contribution in [-0.2, 0) is 24.3 Å². The van der Waals surface area contributed by atoms with Crippen molar-refractivity contribution < 1.29 is 13.9 Å². The number of aromatic nitrogens is 3. The van der Waals surface area contributed by atoms with Crippen molar-refractivity contribution in [1.82, 2.24) is 19.5 Å². The molecule has 7 nitrogen and oxygen atoms in total. The Balaban J connectivity index is 1.39. The van der Waals surface area contributed by atoms with E-state index < -0.39 is 0 Å². The van der Waals surface area contributed by atoms with Crippen molar-refractivity contribution in [3.63, 3.8) is 0 Å². The first-order valence-corrected chi connectivity index (χ1v) is 9.82. The van der Waals surface area contributed by atoms with E-state index in [1.807, 2.05) is 24.3 Å². The number of hydrogen-bond acceptors (Lipinski definition) is 4. The van der Waals surface area contributed by atoms with Crippen LogP contribution in [-0.4, -0.2) is 32.5 Å². The van der Waals surface area contributed by atoms with Crippen LogP contribution in [0.3, 0.4) is 0 Å². The molecule has 8 heteroatoms. The number of carbonyl (C=O) groups excluding carboxylic acids is 1. The number of aromatic amines is 1. The van der Waals surface area contributed by atoms with Crippen LogP contribution in [0.4, 0.5) is 4.39 Å². The van der Waals surface area contributed by atoms with Gasteiger partial charge in [0, 0.05) is 6.07 Å². The topological polar surface area (TPSA) is 79.7 Å². The zero-order valence-electron chi connectivity index (χ0n) is 16.8. The van der Waals surface area contributed by atoms with Gasteiger partial charge in [0.1, 0.15) is 11.6 Å². The number of methoxy groups -OCH3 is 1. The minimum absolute atomic E-state index is 0.0665. The van der Waals surface area contributed by atoms with Gasteiger partial charge in [-0.05, 0) is 47.5 Å². The smallest absolute Gasteiger partial charge is 0.278 e. The lowest BCUT2D eigenvalue weighted by Crippen LogP contribution is -2.28. The first-order chi connectivity index (χ1) is 15.0. The summed E-state index contributed by atoms with van der Waals surface area (Å²) in [5.41, 5.74) is 3.65. The van der Waals surface area contributed by atoms with Gasteiger partial charge >= 0.3 is 0 Å². The Kier molecular flexibility index (Phi) is 4.54. The van der Waals surface area contributed by atoms with Crippen molar-refractivity contribution >= 4 is 11.6 Å². The second-order valence-corrected chi connectivity index (χ2v) is 7.49. The Hall–Kier alpha value is -3.94. The van der Waals surface area contributed by atoms with E-state index in [4.69, 9.17) is 4.74 Å². The Bertz CT molecular complexity index is 1340. The number of halogens is 1. The van der Waals surface area contributed by atoms with Crippen molar-refractivity contribution in [3.05, 3.63) is 87.6 Å². The van der Waals surface area contributed by atoms with Gasteiger partial charge in [-0.1, -0.05) is 12.1 Å². The molecule has 0 radical (unpaired) electrons. The van der Waals surface area contributed by atoms with Crippen molar-refractivity contribution in [2.24, 2.45) is 0 Å². The SMILES string of the molecule is COc1ccc(CC(=O)N2Cc3nc4cc(-c5ccc(F)cc5)[nH]n4c(=O)c3C2)cc1. The third kappa shape index (κ3) is 3.46. The fraction of sp³-hybridized carbons (Fsp3) is 0.174. The van der Waals surface area contributed by atoms with Crippen LogP contribution in [0.5, 0.6) is 5.75 Å². The van der Waals surface area contributed by atoms with Gasteiger partial charge in [-0.3, -0.25) is 14.7 Å². The maximum Gasteiger partial charge on any atom is 0.278 e. The largest absolute Gasteiger partial charge is 0.497 e. The standard InChI is InChI=1S/C23H19FN4O3/c1-31-17-8-2-14(3-9-17)10-22(29)27-12-18-20(13-27)25-21-11-19(26-28(21)23(18)30)15-4-6-16(24)7-5-15/h2-9,11,26H,10,12-13H2,1H3. The molecule has 0 saturated carbocycles. The van der Waals surface area contributed by atoms with Crippen molar-refractivity contribution in [2.75, 3.05) is 7.11 Å². The van der Waals surface area contributed by atoms with E-state index in [0.717, 1.165) is 16.9 Å². The van der Waals surface area contributed by atoms with Gasteiger partial charge in [0.25, 0.3) is 5.56 Å². The monoisotopic (exact) mass is 418 g/mol. The summed E-state index contributed by atoms with van der Waals surface area (Å²) in [6.07, 6.45) is 0.242. The molecule has 0 fully saturated rings. The molecule has 1 aliphatic rings. The van der Waals surface area contributed by atoms with Crippen molar-refractivity contribution in [3.8, 4) is 17.0 Å². The summed E-state index contributed by atoms with van der Waals surface area (Å²) in [6.45, 7) is 0.525. The van der Waals surface area contributed by atoms with Gasteiger partial charge in [0.2, 0.25) is 5.91 Å². The predicted molar refractivity (Wildman–Crippen MR) is 112 cm³/mol. The molecule has 2 aromatic carbocycles. The van der Waals surface area contributed by atoms with Crippen LogP contribution in [0.1, 0.15) is 16.8 Å². The quantitative estimate of drug-likeness (QED) is 0.553. The molecule has 31 heavy (non-hydrogen) atoms. The molecule has 1 amide bonds. The number of H-pyrrole nitrogens is 1. The number of ether oxygens (including phenoxy) is 1. The molecular weight excluding hydrogens is 399 g/mol. The van der Waals surface area contributed by atoms with E-state index in [2.05, 4.69) is 10.1 Å². The third-order valence-corrected chi connectivity index (χ3v) is 5.51. The minimum Gasteiger partial charge on any atom is -0.497 e. The van der Waals surface area contributed by atoms with Crippen LogP contribution in [0.15, 0.2) is 59.4 Å². The van der Waals surface area contributed by atoms with Gasteiger partial charge in [-0.2, -0.15) is 0 Å². The van der Waals surface area contributed by atoms with Gasteiger partial charge in [0.05, 0.1) is 43.6 Å². The van der Waals surface area contributed by atoms with Crippen LogP contribution in [0, 0.1) is 5.82 Å². The van der Waals surface area contributed by atoms with Crippen molar-refractivity contribution in [2.45, 2.75) is 19.5 Å². The summed E-state index contributed by atoms with van der Waals surface area (Å²) in [5, 5.41) is 3.03. The predicted octanol–water partition coefficient (Wildman–Crippen LogP) is 2.92. The van der Waals surface area contributed by atoms with Gasteiger partial charge in [-0.15, -0.1) is 0 Å². The van der Waals surface area contributed by atoms with Gasteiger partial charge in [-0.25, -0.2) is 13.9 Å². The van der Waals surface area contributed by atoms with Gasteiger partial charge < -0.3 is 9.64 Å². The number of nitrogens with one attached hydrogen (secondary N) is 1. The maximum atomic E-state index is 13.2. The van der Waals surface area contributed by atoms with E-state index in [9.17, 15) is 14.0 Å². The summed E-state index contributed by atoms with van der Waals surface area (Å²) in [5.74, 6) is 0.342. The normalized spacial score (nSPS) is 12.9. The van der Waals surface area contributed by atoms with Crippen molar-refractivity contribution in [1.29, 1.82) is 0 Å². The number of benzene rings is 2. The van der Waals surface area contributed by atoms with Crippen LogP contribution in [0.25, 0.3) is 16.9 Å². The average Bonchev–Trinajstić information content (AvgIpc) is 3.40. The number of rotatable bonds is 4. The molecule has 156 valence electrons. The molecule has 0 spiro atoms. The second kappa shape index (κ2) is 7.39. The van der Waals surface area contributed by atoms with E-state index in [-0.39, 0.29) is 30.2 Å². The number of fused-ring (bicyclic) bond motifs is 2. The van der Waals surface area contributed by atoms with Gasteiger partial charge in [0.15, 0.2) is 5.65 Å². The van der Waals surface area contributed by atoms with E-state index in [1.54, 1.807) is 30.2 Å². The Morgan fingerprint density at radius 3 is 2.58 bits per heavy atom. The molecule has 0 unspecified atom stereocenters. The minimum atomic E-state index is -0.325. The fourth-order valence-electron chi connectivity index (χ4n) is 3.81. The van der Waals surface area contributed by atoms with Crippen LogP contribution >= 0.6 is 0 Å². The van der Waals surface area contributed by atoms with E-state index in [0.29, 0.717) is 29.1 Å². The average molecular weight is 418 g/mol. The lowest BCUT2D eigenvalue weighted by molar-refractivity contribution is -0.131. The molecule has 2 aromatic heterocycles. The highest BCUT2D eigenvalue weighted by Crippen LogP contribution is 2.23. The Morgan fingerprint density at radius 1 is 1.13 bits per heavy atom. The summed E-state index contributed by atoms with van der Waals surface area (Å²) in [7, 11) is 1.59. The molecular formula is C23H19FN4O3. The first kappa shape index (κ1) is 19.0. The molecule has 0 bridgehead atoms. The molecule has 1 N–H and O–H groups in total. The third-order valence-electron chi connectivity index (χ3n) is 5.51. The summed E-state index contributed by atoms with van der Waals surface area (Å²) >= 11 is 0. The Labute approximate surface area is 176 Å². The van der Waals surface area contributed by atoms with E-state index >= 15 is 0 Å². The van der Waals surface area contributed by atoms with Crippen LogP contribution < -0.4 is 10.3 Å². The zero-order valence-corrected chi connectivity index (χ0v) is 16.8. The highest BCUT2D eigenvalue weighted by atomic mass is 19.1.